The molecule has 5 heteroatoms. The molecular weight excluding hydrogens is 190 g/mol. The number of aromatic nitrogens is 1. The van der Waals surface area contributed by atoms with Crippen molar-refractivity contribution in [1.29, 1.82) is 5.26 Å². The first-order chi connectivity index (χ1) is 6.26. The Morgan fingerprint density at radius 3 is 3.15 bits per heavy atom. The zero-order chi connectivity index (χ0) is 9.68. The monoisotopic (exact) mass is 195 g/mol. The number of nitriles is 1. The van der Waals surface area contributed by atoms with Crippen LogP contribution in [0.5, 0.6) is 0 Å². The van der Waals surface area contributed by atoms with Crippen LogP contribution < -0.4 is 5.32 Å². The molecule has 0 bridgehead atoms. The van der Waals surface area contributed by atoms with Crippen molar-refractivity contribution in [2.75, 3.05) is 11.2 Å². The van der Waals surface area contributed by atoms with Crippen LogP contribution in [0, 0.1) is 11.3 Å². The molecule has 1 aromatic heterocycles. The number of carbonyl (C=O) groups excluding carboxylic acids is 1. The molecule has 1 heterocycles. The van der Waals surface area contributed by atoms with E-state index in [1.54, 1.807) is 6.07 Å². The van der Waals surface area contributed by atoms with E-state index in [1.807, 2.05) is 6.07 Å². The highest BCUT2D eigenvalue weighted by Gasteiger charge is 2.01. The van der Waals surface area contributed by atoms with Crippen LogP contribution in [0.25, 0.3) is 0 Å². The number of hydrogen-bond acceptors (Lipinski definition) is 3. The highest BCUT2D eigenvalue weighted by atomic mass is 35.5. The van der Waals surface area contributed by atoms with Gasteiger partial charge in [0.15, 0.2) is 0 Å². The molecule has 0 unspecified atom stereocenters. The average molecular weight is 196 g/mol. The first-order valence-corrected chi connectivity index (χ1v) is 4.01. The van der Waals surface area contributed by atoms with E-state index < -0.39 is 0 Å². The normalized spacial score (nSPS) is 8.92. The van der Waals surface area contributed by atoms with Gasteiger partial charge in [0.2, 0.25) is 5.91 Å². The van der Waals surface area contributed by atoms with Gasteiger partial charge in [0.1, 0.15) is 11.7 Å². The van der Waals surface area contributed by atoms with Gasteiger partial charge in [-0.2, -0.15) is 5.26 Å². The fourth-order valence-electron chi connectivity index (χ4n) is 0.745. The summed E-state index contributed by atoms with van der Waals surface area (Å²) in [7, 11) is 0. The maximum Gasteiger partial charge on any atom is 0.240 e. The second-order valence-corrected chi connectivity index (χ2v) is 2.49. The van der Waals surface area contributed by atoms with Gasteiger partial charge < -0.3 is 5.32 Å². The van der Waals surface area contributed by atoms with E-state index in [0.717, 1.165) is 0 Å². The quantitative estimate of drug-likeness (QED) is 0.720. The van der Waals surface area contributed by atoms with Crippen LogP contribution in [-0.4, -0.2) is 16.8 Å². The van der Waals surface area contributed by atoms with E-state index in [0.29, 0.717) is 11.4 Å². The van der Waals surface area contributed by atoms with Gasteiger partial charge in [-0.1, -0.05) is 0 Å². The Morgan fingerprint density at radius 2 is 2.54 bits per heavy atom. The minimum absolute atomic E-state index is 0.127. The molecule has 1 aromatic rings. The molecule has 1 rings (SSSR count). The summed E-state index contributed by atoms with van der Waals surface area (Å²) in [6, 6.07) is 4.96. The van der Waals surface area contributed by atoms with E-state index in [1.165, 1.54) is 12.3 Å². The standard InChI is InChI=1S/C8H6ClN3O/c9-4-8(13)12-7-3-6(5-10)1-2-11-7/h1-3H,4H2,(H,11,12,13). The predicted octanol–water partition coefficient (Wildman–Crippen LogP) is 1.13. The lowest BCUT2D eigenvalue weighted by Gasteiger charge is -2.00. The van der Waals surface area contributed by atoms with Gasteiger partial charge in [-0.25, -0.2) is 4.98 Å². The highest BCUT2D eigenvalue weighted by Crippen LogP contribution is 2.05. The van der Waals surface area contributed by atoms with Crippen LogP contribution in [0.4, 0.5) is 5.82 Å². The minimum atomic E-state index is -0.343. The third kappa shape index (κ3) is 2.73. The fraction of sp³-hybridized carbons (Fsp3) is 0.125. The number of alkyl halides is 1. The van der Waals surface area contributed by atoms with Crippen LogP contribution in [0.15, 0.2) is 18.3 Å². The molecule has 0 radical (unpaired) electrons. The number of rotatable bonds is 2. The van der Waals surface area contributed by atoms with Crippen LogP contribution >= 0.6 is 11.6 Å². The Balaban J connectivity index is 2.79. The van der Waals surface area contributed by atoms with Crippen molar-refractivity contribution in [1.82, 2.24) is 4.98 Å². The van der Waals surface area contributed by atoms with Crippen molar-refractivity contribution < 1.29 is 4.79 Å². The third-order valence-electron chi connectivity index (χ3n) is 1.28. The van der Waals surface area contributed by atoms with Crippen molar-refractivity contribution in [3.63, 3.8) is 0 Å². The molecule has 0 aromatic carbocycles. The van der Waals surface area contributed by atoms with Crippen molar-refractivity contribution in [3.05, 3.63) is 23.9 Å². The lowest BCUT2D eigenvalue weighted by molar-refractivity contribution is -0.113. The van der Waals surface area contributed by atoms with Crippen LogP contribution in [0.2, 0.25) is 0 Å². The number of nitrogens with one attached hydrogen (secondary N) is 1. The lowest BCUT2D eigenvalue weighted by Crippen LogP contribution is -2.13. The number of nitrogens with zero attached hydrogens (tertiary/aromatic N) is 2. The summed E-state index contributed by atoms with van der Waals surface area (Å²) in [5.41, 5.74) is 0.444. The number of hydrogen-bond donors (Lipinski definition) is 1. The van der Waals surface area contributed by atoms with E-state index >= 15 is 0 Å². The summed E-state index contributed by atoms with van der Waals surface area (Å²) in [5, 5.41) is 11.0. The summed E-state index contributed by atoms with van der Waals surface area (Å²) in [5.74, 6) is -0.132. The second kappa shape index (κ2) is 4.43. The number of amides is 1. The second-order valence-electron chi connectivity index (χ2n) is 2.22. The number of carbonyl (C=O) groups is 1. The summed E-state index contributed by atoms with van der Waals surface area (Å²) in [6.07, 6.45) is 1.45. The van der Waals surface area contributed by atoms with Gasteiger partial charge in [0, 0.05) is 6.20 Å². The molecule has 0 spiro atoms. The molecule has 0 fully saturated rings. The van der Waals surface area contributed by atoms with Crippen molar-refractivity contribution in [2.45, 2.75) is 0 Å². The molecule has 0 atom stereocenters. The fourth-order valence-corrected chi connectivity index (χ4v) is 0.812. The van der Waals surface area contributed by atoms with Crippen molar-refractivity contribution in [3.8, 4) is 6.07 Å². The molecule has 0 aliphatic rings. The molecule has 0 aliphatic heterocycles. The molecule has 66 valence electrons. The Labute approximate surface area is 80.2 Å². The summed E-state index contributed by atoms with van der Waals surface area (Å²) in [4.78, 5) is 14.6. The van der Waals surface area contributed by atoms with E-state index in [9.17, 15) is 4.79 Å². The largest absolute Gasteiger partial charge is 0.310 e. The molecule has 0 aliphatic carbocycles. The molecule has 1 N–H and O–H groups in total. The van der Waals surface area contributed by atoms with Gasteiger partial charge in [0.25, 0.3) is 0 Å². The van der Waals surface area contributed by atoms with Gasteiger partial charge in [0.05, 0.1) is 11.6 Å². The van der Waals surface area contributed by atoms with Crippen molar-refractivity contribution >= 4 is 23.3 Å². The molecule has 4 nitrogen and oxygen atoms in total. The number of anilines is 1. The maximum atomic E-state index is 10.8. The summed E-state index contributed by atoms with van der Waals surface area (Å²) in [6.45, 7) is 0. The Morgan fingerprint density at radius 1 is 1.77 bits per heavy atom. The maximum absolute atomic E-state index is 10.8. The zero-order valence-electron chi connectivity index (χ0n) is 6.62. The molecular formula is C8H6ClN3O. The van der Waals surface area contributed by atoms with Gasteiger partial charge >= 0.3 is 0 Å². The van der Waals surface area contributed by atoms with E-state index in [2.05, 4.69) is 10.3 Å². The van der Waals surface area contributed by atoms with Crippen LogP contribution in [-0.2, 0) is 4.79 Å². The lowest BCUT2D eigenvalue weighted by atomic mass is 10.3. The Bertz CT molecular complexity index is 359. The average Bonchev–Trinajstić information content (AvgIpc) is 2.18. The molecule has 0 saturated carbocycles. The van der Waals surface area contributed by atoms with Gasteiger partial charge in [-0.3, -0.25) is 4.79 Å². The van der Waals surface area contributed by atoms with E-state index in [4.69, 9.17) is 16.9 Å². The molecule has 13 heavy (non-hydrogen) atoms. The highest BCUT2D eigenvalue weighted by molar-refractivity contribution is 6.28. The third-order valence-corrected chi connectivity index (χ3v) is 1.52. The van der Waals surface area contributed by atoms with Gasteiger partial charge in [-0.15, -0.1) is 11.6 Å². The van der Waals surface area contributed by atoms with E-state index in [-0.39, 0.29) is 11.8 Å². The van der Waals surface area contributed by atoms with Crippen LogP contribution in [0.3, 0.4) is 0 Å². The summed E-state index contributed by atoms with van der Waals surface area (Å²) >= 11 is 5.27. The zero-order valence-corrected chi connectivity index (χ0v) is 7.38. The number of pyridine rings is 1. The minimum Gasteiger partial charge on any atom is -0.310 e. The Hall–Kier alpha value is -1.60. The first kappa shape index (κ1) is 9.49. The van der Waals surface area contributed by atoms with Gasteiger partial charge in [-0.05, 0) is 12.1 Å². The predicted molar refractivity (Wildman–Crippen MR) is 48.3 cm³/mol. The molecule has 1 amide bonds. The SMILES string of the molecule is N#Cc1ccnc(NC(=O)CCl)c1. The smallest absolute Gasteiger partial charge is 0.240 e. The first-order valence-electron chi connectivity index (χ1n) is 3.48. The van der Waals surface area contributed by atoms with Crippen LogP contribution in [0.1, 0.15) is 5.56 Å². The number of halogens is 1. The van der Waals surface area contributed by atoms with Crippen molar-refractivity contribution in [2.24, 2.45) is 0 Å². The Kier molecular flexibility index (Phi) is 3.23. The molecule has 0 saturated heterocycles. The topological polar surface area (TPSA) is 65.8 Å². The summed E-state index contributed by atoms with van der Waals surface area (Å²) < 4.78 is 0.